The van der Waals surface area contributed by atoms with E-state index in [0.717, 1.165) is 24.8 Å². The van der Waals surface area contributed by atoms with Gasteiger partial charge in [-0.1, -0.05) is 134 Å². The van der Waals surface area contributed by atoms with Gasteiger partial charge in [0.25, 0.3) is 10.0 Å². The zero-order valence-corrected chi connectivity index (χ0v) is 27.8. The lowest BCUT2D eigenvalue weighted by molar-refractivity contribution is 0.159. The van der Waals surface area contributed by atoms with Crippen LogP contribution in [0.25, 0.3) is 0 Å². The van der Waals surface area contributed by atoms with Crippen molar-refractivity contribution in [3.63, 3.8) is 0 Å². The average molecular weight is 630 g/mol. The largest absolute Gasteiger partial charge is 0.449 e. The summed E-state index contributed by atoms with van der Waals surface area (Å²) in [5.41, 5.74) is 1.79. The molecule has 9 heteroatoms. The number of unbranched alkanes of at least 4 members (excludes halogenated alkanes) is 17. The normalized spacial score (nSPS) is 11.2. The van der Waals surface area contributed by atoms with Crippen molar-refractivity contribution in [2.24, 2.45) is 0 Å². The van der Waals surface area contributed by atoms with Crippen LogP contribution in [0.15, 0.2) is 53.4 Å². The maximum Gasteiger partial charge on any atom is 0.411 e. The summed E-state index contributed by atoms with van der Waals surface area (Å²) in [6.45, 7) is 4.49. The van der Waals surface area contributed by atoms with E-state index in [1.807, 2.05) is 11.6 Å². The maximum atomic E-state index is 12.4. The van der Waals surface area contributed by atoms with Crippen molar-refractivity contribution in [2.75, 3.05) is 17.2 Å². The first-order chi connectivity index (χ1) is 21.3. The Kier molecular flexibility index (Phi) is 18.9. The van der Waals surface area contributed by atoms with Crippen LogP contribution >= 0.6 is 0 Å². The number of nitrogens with one attached hydrogen (secondary N) is 3. The third kappa shape index (κ3) is 17.3. The number of carbonyl (C=O) groups is 2. The highest BCUT2D eigenvalue weighted by molar-refractivity contribution is 7.90. The number of aryl methyl sites for hydroxylation is 1. The third-order valence-corrected chi connectivity index (χ3v) is 9.03. The molecule has 0 bridgehead atoms. The van der Waals surface area contributed by atoms with Crippen molar-refractivity contribution >= 4 is 33.5 Å². The highest BCUT2D eigenvalue weighted by Crippen LogP contribution is 2.16. The first-order valence-corrected chi connectivity index (χ1v) is 18.2. The Labute approximate surface area is 266 Å². The number of carbonyl (C=O) groups excluding carboxylic acids is 2. The lowest BCUT2D eigenvalue weighted by Crippen LogP contribution is -2.34. The highest BCUT2D eigenvalue weighted by Gasteiger charge is 2.17. The standard InChI is InChI=1S/C35H55N3O5S/c1-3-4-5-6-7-8-9-10-11-12-13-14-15-16-17-18-19-20-29-43-35(40)37-32-25-23-31(24-26-32)36-34(39)38-44(41,42)33-27-21-30(2)22-28-33/h21-28H,3-20,29H2,1-2H3,(H,37,40)(H2,36,38,39). The maximum absolute atomic E-state index is 12.4. The number of urea groups is 1. The first kappa shape index (κ1) is 37.1. The zero-order valence-electron chi connectivity index (χ0n) is 27.0. The first-order valence-electron chi connectivity index (χ1n) is 16.7. The molecule has 2 rings (SSSR count). The predicted molar refractivity (Wildman–Crippen MR) is 181 cm³/mol. The Balaban J connectivity index is 1.44. The second kappa shape index (κ2) is 22.4. The summed E-state index contributed by atoms with van der Waals surface area (Å²) in [6, 6.07) is 11.6. The monoisotopic (exact) mass is 629 g/mol. The molecule has 2 aromatic carbocycles. The second-order valence-corrected chi connectivity index (χ2v) is 13.4. The molecule has 0 saturated heterocycles. The van der Waals surface area contributed by atoms with E-state index in [1.54, 1.807) is 36.4 Å². The topological polar surface area (TPSA) is 114 Å². The Morgan fingerprint density at radius 2 is 1.00 bits per heavy atom. The molecule has 0 fully saturated rings. The molecule has 0 heterocycles. The number of benzene rings is 2. The molecule has 246 valence electrons. The second-order valence-electron chi connectivity index (χ2n) is 11.7. The van der Waals surface area contributed by atoms with E-state index in [-0.39, 0.29) is 4.90 Å². The molecular weight excluding hydrogens is 574 g/mol. The summed E-state index contributed by atoms with van der Waals surface area (Å²) in [7, 11) is -3.98. The van der Waals surface area contributed by atoms with Gasteiger partial charge in [-0.25, -0.2) is 22.7 Å². The lowest BCUT2D eigenvalue weighted by atomic mass is 10.0. The minimum Gasteiger partial charge on any atom is -0.449 e. The minimum atomic E-state index is -3.98. The van der Waals surface area contributed by atoms with Gasteiger partial charge >= 0.3 is 12.1 Å². The molecule has 0 aromatic heterocycles. The quantitative estimate of drug-likeness (QED) is 0.106. The third-order valence-electron chi connectivity index (χ3n) is 7.68. The number of hydrogen-bond donors (Lipinski definition) is 3. The van der Waals surface area contributed by atoms with Crippen molar-refractivity contribution in [3.8, 4) is 0 Å². The molecule has 3 N–H and O–H groups in total. The molecule has 0 aliphatic rings. The SMILES string of the molecule is CCCCCCCCCCCCCCCCCCCCOC(=O)Nc1ccc(NC(=O)NS(=O)(=O)c2ccc(C)cc2)cc1. The average Bonchev–Trinajstić information content (AvgIpc) is 2.99. The van der Waals surface area contributed by atoms with Crippen molar-refractivity contribution in [2.45, 2.75) is 134 Å². The molecular formula is C35H55N3O5S. The molecule has 0 saturated carbocycles. The highest BCUT2D eigenvalue weighted by atomic mass is 32.2. The van der Waals surface area contributed by atoms with Crippen LogP contribution < -0.4 is 15.4 Å². The number of rotatable bonds is 23. The van der Waals surface area contributed by atoms with Crippen LogP contribution in [0.2, 0.25) is 0 Å². The van der Waals surface area contributed by atoms with E-state index in [4.69, 9.17) is 4.74 Å². The van der Waals surface area contributed by atoms with E-state index in [9.17, 15) is 18.0 Å². The van der Waals surface area contributed by atoms with E-state index >= 15 is 0 Å². The van der Waals surface area contributed by atoms with E-state index in [1.165, 1.54) is 108 Å². The van der Waals surface area contributed by atoms with E-state index in [2.05, 4.69) is 17.6 Å². The van der Waals surface area contributed by atoms with Crippen LogP contribution in [-0.2, 0) is 14.8 Å². The summed E-state index contributed by atoms with van der Waals surface area (Å²) in [4.78, 5) is 24.3. The fourth-order valence-electron chi connectivity index (χ4n) is 5.01. The van der Waals surface area contributed by atoms with Gasteiger partial charge in [-0.3, -0.25) is 5.32 Å². The molecule has 0 atom stereocenters. The summed E-state index contributed by atoms with van der Waals surface area (Å²) in [5.74, 6) is 0. The van der Waals surface area contributed by atoms with Gasteiger partial charge in [0.1, 0.15) is 0 Å². The molecule has 3 amide bonds. The van der Waals surface area contributed by atoms with Crippen LogP contribution in [0.4, 0.5) is 21.0 Å². The van der Waals surface area contributed by atoms with Gasteiger partial charge in [0.2, 0.25) is 0 Å². The van der Waals surface area contributed by atoms with E-state index < -0.39 is 22.1 Å². The van der Waals surface area contributed by atoms with Crippen LogP contribution in [-0.4, -0.2) is 27.1 Å². The lowest BCUT2D eigenvalue weighted by Gasteiger charge is -2.10. The molecule has 2 aromatic rings. The Hall–Kier alpha value is -3.07. The van der Waals surface area contributed by atoms with Crippen LogP contribution in [0.5, 0.6) is 0 Å². The van der Waals surface area contributed by atoms with Gasteiger partial charge in [-0.15, -0.1) is 0 Å². The molecule has 0 unspecified atom stereocenters. The van der Waals surface area contributed by atoms with Crippen LogP contribution in [0.1, 0.15) is 128 Å². The molecule has 0 aliphatic carbocycles. The predicted octanol–water partition coefficient (Wildman–Crippen LogP) is 10.1. The van der Waals surface area contributed by atoms with Gasteiger partial charge in [-0.2, -0.15) is 0 Å². The Morgan fingerprint density at radius 1 is 0.591 bits per heavy atom. The fraction of sp³-hybridized carbons (Fsp3) is 0.600. The summed E-state index contributed by atoms with van der Waals surface area (Å²) < 4.78 is 32.0. The number of sulfonamides is 1. The Bertz CT molecular complexity index is 1170. The van der Waals surface area contributed by atoms with Gasteiger partial charge in [0.15, 0.2) is 0 Å². The summed E-state index contributed by atoms with van der Waals surface area (Å²) in [5, 5.41) is 5.14. The van der Waals surface area contributed by atoms with Gasteiger partial charge in [-0.05, 0) is 49.7 Å². The minimum absolute atomic E-state index is 0.00123. The zero-order chi connectivity index (χ0) is 31.9. The van der Waals surface area contributed by atoms with Crippen molar-refractivity contribution in [1.29, 1.82) is 0 Å². The van der Waals surface area contributed by atoms with Crippen LogP contribution in [0, 0.1) is 6.92 Å². The van der Waals surface area contributed by atoms with Crippen LogP contribution in [0.3, 0.4) is 0 Å². The number of anilines is 2. The molecule has 0 spiro atoms. The Morgan fingerprint density at radius 3 is 1.45 bits per heavy atom. The van der Waals surface area contributed by atoms with Crippen molar-refractivity contribution in [1.82, 2.24) is 4.72 Å². The smallest absolute Gasteiger partial charge is 0.411 e. The fourth-order valence-corrected chi connectivity index (χ4v) is 5.92. The van der Waals surface area contributed by atoms with Gasteiger partial charge in [0.05, 0.1) is 11.5 Å². The number of ether oxygens (including phenoxy) is 1. The van der Waals surface area contributed by atoms with Crippen molar-refractivity contribution < 1.29 is 22.7 Å². The van der Waals surface area contributed by atoms with Gasteiger partial charge in [0, 0.05) is 11.4 Å². The van der Waals surface area contributed by atoms with E-state index in [0.29, 0.717) is 18.0 Å². The van der Waals surface area contributed by atoms with Crippen molar-refractivity contribution in [3.05, 3.63) is 54.1 Å². The molecule has 8 nitrogen and oxygen atoms in total. The summed E-state index contributed by atoms with van der Waals surface area (Å²) >= 11 is 0. The molecule has 0 aliphatic heterocycles. The number of hydrogen-bond acceptors (Lipinski definition) is 5. The van der Waals surface area contributed by atoms with Gasteiger partial charge < -0.3 is 10.1 Å². The number of amides is 3. The molecule has 0 radical (unpaired) electrons. The summed E-state index contributed by atoms with van der Waals surface area (Å²) in [6.07, 6.45) is 23.1. The molecule has 44 heavy (non-hydrogen) atoms.